The molecule has 0 aliphatic heterocycles. The molecular formula is C18H16F2N4O3. The average Bonchev–Trinajstić information content (AvgIpc) is 2.93. The Morgan fingerprint density at radius 2 is 1.96 bits per heavy atom. The van der Waals surface area contributed by atoms with Gasteiger partial charge < -0.3 is 15.5 Å². The molecule has 0 bridgehead atoms. The highest BCUT2D eigenvalue weighted by Gasteiger charge is 2.15. The van der Waals surface area contributed by atoms with Gasteiger partial charge in [0.25, 0.3) is 5.56 Å². The summed E-state index contributed by atoms with van der Waals surface area (Å²) in [6.45, 7) is 3.06. The van der Waals surface area contributed by atoms with Gasteiger partial charge in [-0.15, -0.1) is 0 Å². The molecule has 0 aliphatic carbocycles. The number of nitrogens with two attached hydrogens (primary N) is 1. The molecule has 27 heavy (non-hydrogen) atoms. The predicted molar refractivity (Wildman–Crippen MR) is 95.1 cm³/mol. The van der Waals surface area contributed by atoms with E-state index in [-0.39, 0.29) is 11.4 Å². The number of anilines is 2. The molecule has 2 heterocycles. The van der Waals surface area contributed by atoms with Crippen LogP contribution in [0.3, 0.4) is 0 Å². The number of aromatic nitrogens is 2. The van der Waals surface area contributed by atoms with Crippen LogP contribution in [-0.2, 0) is 11.3 Å². The summed E-state index contributed by atoms with van der Waals surface area (Å²) in [4.78, 5) is 24.4. The molecule has 0 fully saturated rings. The molecule has 3 N–H and O–H groups in total. The zero-order chi connectivity index (χ0) is 19.7. The summed E-state index contributed by atoms with van der Waals surface area (Å²) in [5, 5.41) is 6.54. The summed E-state index contributed by atoms with van der Waals surface area (Å²) < 4.78 is 32.5. The number of nitrogens with zero attached hydrogens (tertiary/aromatic N) is 2. The Balaban J connectivity index is 1.87. The molecule has 9 heteroatoms. The molecule has 140 valence electrons. The maximum Gasteiger partial charge on any atom is 0.290 e. The van der Waals surface area contributed by atoms with Gasteiger partial charge in [0.15, 0.2) is 11.6 Å². The van der Waals surface area contributed by atoms with Crippen molar-refractivity contribution < 1.29 is 18.0 Å². The Morgan fingerprint density at radius 1 is 1.22 bits per heavy atom. The molecule has 0 radical (unpaired) electrons. The lowest BCUT2D eigenvalue weighted by Crippen LogP contribution is -2.31. The Labute approximate surface area is 152 Å². The third kappa shape index (κ3) is 3.86. The molecule has 0 saturated heterocycles. The second-order valence-electron chi connectivity index (χ2n) is 5.95. The van der Waals surface area contributed by atoms with Crippen molar-refractivity contribution in [3.05, 3.63) is 63.8 Å². The summed E-state index contributed by atoms with van der Waals surface area (Å²) >= 11 is 0. The van der Waals surface area contributed by atoms with E-state index in [4.69, 9.17) is 10.2 Å². The molecule has 1 amide bonds. The first kappa shape index (κ1) is 18.3. The van der Waals surface area contributed by atoms with Crippen LogP contribution in [0.4, 0.5) is 20.2 Å². The fourth-order valence-electron chi connectivity index (χ4n) is 2.60. The lowest BCUT2D eigenvalue weighted by atomic mass is 10.1. The second-order valence-corrected chi connectivity index (χ2v) is 5.95. The minimum atomic E-state index is -1.10. The molecule has 0 unspecified atom stereocenters. The van der Waals surface area contributed by atoms with Gasteiger partial charge in [-0.1, -0.05) is 0 Å². The number of nitrogens with one attached hydrogen (secondary N) is 1. The predicted octanol–water partition coefficient (Wildman–Crippen LogP) is 2.62. The molecule has 0 saturated carbocycles. The quantitative estimate of drug-likeness (QED) is 0.731. The Bertz CT molecular complexity index is 1090. The number of amides is 1. The minimum Gasteiger partial charge on any atom is -0.466 e. The summed E-state index contributed by atoms with van der Waals surface area (Å²) in [5.74, 6) is -1.52. The number of carbonyl (C=O) groups is 1. The molecule has 3 rings (SSSR count). The lowest BCUT2D eigenvalue weighted by Gasteiger charge is -2.09. The van der Waals surface area contributed by atoms with Gasteiger partial charge in [0, 0.05) is 17.3 Å². The van der Waals surface area contributed by atoms with Gasteiger partial charge in [-0.2, -0.15) is 5.10 Å². The van der Waals surface area contributed by atoms with Crippen molar-refractivity contribution in [2.75, 3.05) is 11.1 Å². The third-order valence-electron chi connectivity index (χ3n) is 3.82. The second kappa shape index (κ2) is 7.02. The normalized spacial score (nSPS) is 10.8. The Morgan fingerprint density at radius 3 is 2.59 bits per heavy atom. The van der Waals surface area contributed by atoms with E-state index in [1.54, 1.807) is 19.9 Å². The molecule has 2 aromatic heterocycles. The fourth-order valence-corrected chi connectivity index (χ4v) is 2.60. The van der Waals surface area contributed by atoms with Crippen molar-refractivity contribution in [2.24, 2.45) is 0 Å². The zero-order valence-electron chi connectivity index (χ0n) is 14.5. The Kier molecular flexibility index (Phi) is 4.76. The highest BCUT2D eigenvalue weighted by molar-refractivity contribution is 5.90. The number of halogens is 2. The minimum absolute atomic E-state index is 0.0531. The van der Waals surface area contributed by atoms with E-state index in [9.17, 15) is 18.4 Å². The molecule has 0 aliphatic rings. The van der Waals surface area contributed by atoms with Crippen molar-refractivity contribution in [3.63, 3.8) is 0 Å². The number of hydrogen-bond donors (Lipinski definition) is 2. The first-order valence-electron chi connectivity index (χ1n) is 7.94. The summed E-state index contributed by atoms with van der Waals surface area (Å²) in [6.07, 6.45) is 0. The van der Waals surface area contributed by atoms with E-state index in [1.165, 1.54) is 12.1 Å². The van der Waals surface area contributed by atoms with Crippen LogP contribution >= 0.6 is 0 Å². The lowest BCUT2D eigenvalue weighted by molar-refractivity contribution is -0.117. The van der Waals surface area contributed by atoms with Gasteiger partial charge in [-0.25, -0.2) is 13.5 Å². The third-order valence-corrected chi connectivity index (χ3v) is 3.82. The van der Waals surface area contributed by atoms with Crippen molar-refractivity contribution in [1.82, 2.24) is 9.78 Å². The van der Waals surface area contributed by atoms with Crippen LogP contribution in [0.1, 0.15) is 11.5 Å². The number of carbonyl (C=O) groups excluding carboxylic acids is 1. The first-order valence-corrected chi connectivity index (χ1v) is 7.94. The van der Waals surface area contributed by atoms with Crippen LogP contribution in [-0.4, -0.2) is 15.7 Å². The topological polar surface area (TPSA) is 103 Å². The monoisotopic (exact) mass is 374 g/mol. The van der Waals surface area contributed by atoms with E-state index in [0.717, 1.165) is 16.8 Å². The van der Waals surface area contributed by atoms with Crippen LogP contribution in [0.5, 0.6) is 0 Å². The molecular weight excluding hydrogens is 358 g/mol. The number of benzene rings is 1. The van der Waals surface area contributed by atoms with E-state index >= 15 is 0 Å². The van der Waals surface area contributed by atoms with Crippen LogP contribution in [0.2, 0.25) is 0 Å². The summed E-state index contributed by atoms with van der Waals surface area (Å²) in [5.41, 5.74) is 6.10. The van der Waals surface area contributed by atoms with E-state index < -0.39 is 29.6 Å². The van der Waals surface area contributed by atoms with Crippen LogP contribution in [0.15, 0.2) is 39.5 Å². The van der Waals surface area contributed by atoms with Crippen LogP contribution in [0.25, 0.3) is 11.3 Å². The van der Waals surface area contributed by atoms with Crippen molar-refractivity contribution in [1.29, 1.82) is 0 Å². The number of furan rings is 1. The smallest absolute Gasteiger partial charge is 0.290 e. The van der Waals surface area contributed by atoms with Gasteiger partial charge in [-0.05, 0) is 38.1 Å². The van der Waals surface area contributed by atoms with Gasteiger partial charge in [0.2, 0.25) is 5.91 Å². The van der Waals surface area contributed by atoms with Crippen molar-refractivity contribution in [3.8, 4) is 11.3 Å². The fraction of sp³-hybridized carbons (Fsp3) is 0.167. The van der Waals surface area contributed by atoms with Crippen LogP contribution < -0.4 is 16.6 Å². The maximum atomic E-state index is 13.2. The van der Waals surface area contributed by atoms with Crippen molar-refractivity contribution >= 4 is 17.3 Å². The Hall–Kier alpha value is -3.49. The van der Waals surface area contributed by atoms with Gasteiger partial charge in [0.05, 0.1) is 5.69 Å². The average molecular weight is 374 g/mol. The van der Waals surface area contributed by atoms with Gasteiger partial charge in [-0.3, -0.25) is 9.59 Å². The number of aryl methyl sites for hydroxylation is 2. The number of hydrogen-bond acceptors (Lipinski definition) is 5. The SMILES string of the molecule is Cc1cc(-c2cc(N)c(=O)n(CC(=O)Nc3ccc(F)c(F)c3)n2)c(C)o1. The molecule has 1 aromatic carbocycles. The molecule has 0 spiro atoms. The molecule has 3 aromatic rings. The summed E-state index contributed by atoms with van der Waals surface area (Å²) in [7, 11) is 0. The van der Waals surface area contributed by atoms with Gasteiger partial charge in [0.1, 0.15) is 23.8 Å². The highest BCUT2D eigenvalue weighted by atomic mass is 19.2. The van der Waals surface area contributed by atoms with Crippen molar-refractivity contribution in [2.45, 2.75) is 20.4 Å². The maximum absolute atomic E-state index is 13.2. The zero-order valence-corrected chi connectivity index (χ0v) is 14.5. The highest BCUT2D eigenvalue weighted by Crippen LogP contribution is 2.25. The largest absolute Gasteiger partial charge is 0.466 e. The van der Waals surface area contributed by atoms with Gasteiger partial charge >= 0.3 is 0 Å². The molecule has 0 atom stereocenters. The first-order chi connectivity index (χ1) is 12.7. The standard InChI is InChI=1S/C18H16F2N4O3/c1-9-5-12(10(2)27-9)16-7-15(21)18(26)24(23-16)8-17(25)22-11-3-4-13(19)14(20)6-11/h3-7H,8,21H2,1-2H3,(H,22,25). The van der Waals surface area contributed by atoms with E-state index in [1.807, 2.05) is 0 Å². The van der Waals surface area contributed by atoms with E-state index in [2.05, 4.69) is 10.4 Å². The number of nitrogen functional groups attached to an aromatic ring is 1. The van der Waals surface area contributed by atoms with Crippen LogP contribution in [0, 0.1) is 25.5 Å². The molecule has 7 nitrogen and oxygen atoms in total. The summed E-state index contributed by atoms with van der Waals surface area (Å²) in [6, 6.07) is 6.08. The number of rotatable bonds is 4. The van der Waals surface area contributed by atoms with E-state index in [0.29, 0.717) is 22.8 Å².